The Hall–Kier alpha value is -0.430. The number of benzene rings is 1. The Morgan fingerprint density at radius 3 is 2.40 bits per heavy atom. The van der Waals surface area contributed by atoms with Gasteiger partial charge < -0.3 is 0 Å². The molecule has 0 radical (unpaired) electrons. The first-order valence-corrected chi connectivity index (χ1v) is 6.90. The molecule has 0 aliphatic heterocycles. The monoisotopic (exact) mass is 293 g/mol. The second-order valence-corrected chi connectivity index (χ2v) is 5.31. The molecule has 6 heteroatoms. The Morgan fingerprint density at radius 2 is 1.93 bits per heavy atom. The number of hydrogen-bond donors (Lipinski definition) is 1. The van der Waals surface area contributed by atoms with Crippen molar-refractivity contribution in [3.05, 3.63) is 29.8 Å². The average molecular weight is 294 g/mol. The largest absolute Gasteiger partial charge is 0.290 e. The van der Waals surface area contributed by atoms with Crippen LogP contribution in [0.3, 0.4) is 0 Å². The SMILES string of the molecule is CONS(=O)(=O)c1ccc(CCBr)cc1. The summed E-state index contributed by atoms with van der Waals surface area (Å²) in [6, 6.07) is 6.68. The molecule has 0 aliphatic carbocycles. The van der Waals surface area contributed by atoms with Gasteiger partial charge in [0.25, 0.3) is 10.0 Å². The molecular weight excluding hydrogens is 282 g/mol. The highest BCUT2D eigenvalue weighted by atomic mass is 79.9. The van der Waals surface area contributed by atoms with Gasteiger partial charge >= 0.3 is 0 Å². The fourth-order valence-corrected chi connectivity index (χ4v) is 2.37. The third-order valence-electron chi connectivity index (χ3n) is 1.81. The number of alkyl halides is 1. The fraction of sp³-hybridized carbons (Fsp3) is 0.333. The molecule has 0 fully saturated rings. The third kappa shape index (κ3) is 3.57. The van der Waals surface area contributed by atoms with Crippen LogP contribution in [0.15, 0.2) is 29.2 Å². The van der Waals surface area contributed by atoms with E-state index in [2.05, 4.69) is 20.8 Å². The Balaban J connectivity index is 2.89. The molecule has 0 saturated heterocycles. The van der Waals surface area contributed by atoms with Gasteiger partial charge in [-0.1, -0.05) is 32.9 Å². The Morgan fingerprint density at radius 1 is 1.33 bits per heavy atom. The van der Waals surface area contributed by atoms with E-state index in [1.54, 1.807) is 24.3 Å². The molecule has 1 aromatic carbocycles. The van der Waals surface area contributed by atoms with Gasteiger partial charge in [-0.2, -0.15) is 0 Å². The van der Waals surface area contributed by atoms with Crippen LogP contribution in [-0.2, 0) is 21.3 Å². The lowest BCUT2D eigenvalue weighted by Gasteiger charge is -2.04. The first-order valence-electron chi connectivity index (χ1n) is 4.30. The lowest BCUT2D eigenvalue weighted by molar-refractivity contribution is 0.153. The van der Waals surface area contributed by atoms with Gasteiger partial charge in [-0.05, 0) is 24.1 Å². The van der Waals surface area contributed by atoms with Crippen molar-refractivity contribution in [1.29, 1.82) is 0 Å². The Labute approximate surface area is 97.8 Å². The van der Waals surface area contributed by atoms with Gasteiger partial charge in [0, 0.05) is 5.33 Å². The molecule has 0 bridgehead atoms. The summed E-state index contributed by atoms with van der Waals surface area (Å²) < 4.78 is 22.9. The van der Waals surface area contributed by atoms with E-state index >= 15 is 0 Å². The molecule has 0 aromatic heterocycles. The van der Waals surface area contributed by atoms with Gasteiger partial charge in [0.05, 0.1) is 12.0 Å². The molecule has 0 spiro atoms. The minimum absolute atomic E-state index is 0.197. The lowest BCUT2D eigenvalue weighted by Crippen LogP contribution is -2.22. The van der Waals surface area contributed by atoms with Gasteiger partial charge in [-0.15, -0.1) is 0 Å². The first kappa shape index (κ1) is 12.6. The van der Waals surface area contributed by atoms with E-state index in [1.807, 2.05) is 4.89 Å². The van der Waals surface area contributed by atoms with Crippen molar-refractivity contribution in [3.8, 4) is 0 Å². The van der Waals surface area contributed by atoms with E-state index in [4.69, 9.17) is 0 Å². The number of rotatable bonds is 5. The number of hydrogen-bond acceptors (Lipinski definition) is 3. The zero-order valence-electron chi connectivity index (χ0n) is 8.23. The van der Waals surface area contributed by atoms with Crippen LogP contribution >= 0.6 is 15.9 Å². The lowest BCUT2D eigenvalue weighted by atomic mass is 10.2. The maximum Gasteiger partial charge on any atom is 0.262 e. The van der Waals surface area contributed by atoms with Crippen molar-refractivity contribution in [2.24, 2.45) is 0 Å². The highest BCUT2D eigenvalue weighted by Crippen LogP contribution is 2.11. The van der Waals surface area contributed by atoms with E-state index in [0.29, 0.717) is 0 Å². The van der Waals surface area contributed by atoms with Crippen molar-refractivity contribution in [2.75, 3.05) is 12.4 Å². The summed E-state index contributed by atoms with van der Waals surface area (Å²) >= 11 is 3.32. The van der Waals surface area contributed by atoms with Crippen molar-refractivity contribution in [3.63, 3.8) is 0 Å². The van der Waals surface area contributed by atoms with Crippen LogP contribution in [0.1, 0.15) is 5.56 Å². The summed E-state index contributed by atoms with van der Waals surface area (Å²) in [5.41, 5.74) is 1.09. The van der Waals surface area contributed by atoms with Gasteiger partial charge in [0.15, 0.2) is 0 Å². The number of aryl methyl sites for hydroxylation is 1. The van der Waals surface area contributed by atoms with Gasteiger partial charge in [0.2, 0.25) is 0 Å². The maximum atomic E-state index is 11.5. The van der Waals surface area contributed by atoms with Gasteiger partial charge in [0.1, 0.15) is 0 Å². The van der Waals surface area contributed by atoms with Crippen molar-refractivity contribution in [2.45, 2.75) is 11.3 Å². The summed E-state index contributed by atoms with van der Waals surface area (Å²) in [4.78, 5) is 6.54. The number of nitrogens with one attached hydrogen (secondary N) is 1. The van der Waals surface area contributed by atoms with Gasteiger partial charge in [-0.25, -0.2) is 8.42 Å². The zero-order chi connectivity index (χ0) is 11.3. The highest BCUT2D eigenvalue weighted by Gasteiger charge is 2.12. The molecule has 1 rings (SSSR count). The smallest absolute Gasteiger partial charge is 0.262 e. The Kier molecular flexibility index (Phi) is 4.72. The molecule has 0 atom stereocenters. The molecule has 15 heavy (non-hydrogen) atoms. The standard InChI is InChI=1S/C9H12BrNO3S/c1-14-11-15(12,13)9-4-2-8(3-5-9)6-7-10/h2-5,11H,6-7H2,1H3. The zero-order valence-corrected chi connectivity index (χ0v) is 10.6. The van der Waals surface area contributed by atoms with Crippen LogP contribution in [0.25, 0.3) is 0 Å². The summed E-state index contributed by atoms with van der Waals surface area (Å²) in [7, 11) is -2.27. The second-order valence-electron chi connectivity index (χ2n) is 2.87. The van der Waals surface area contributed by atoms with Crippen molar-refractivity contribution >= 4 is 26.0 Å². The van der Waals surface area contributed by atoms with Crippen LogP contribution in [0.2, 0.25) is 0 Å². The van der Waals surface area contributed by atoms with Gasteiger partial charge in [-0.3, -0.25) is 4.84 Å². The summed E-state index contributed by atoms with van der Waals surface area (Å²) in [6.07, 6.45) is 0.873. The molecule has 0 amide bonds. The van der Waals surface area contributed by atoms with Crippen LogP contribution in [0, 0.1) is 0 Å². The topological polar surface area (TPSA) is 55.4 Å². The molecule has 1 aromatic rings. The average Bonchev–Trinajstić information content (AvgIpc) is 2.19. The first-order chi connectivity index (χ1) is 7.10. The van der Waals surface area contributed by atoms with E-state index < -0.39 is 10.0 Å². The van der Waals surface area contributed by atoms with Crippen molar-refractivity contribution in [1.82, 2.24) is 4.89 Å². The molecule has 0 unspecified atom stereocenters. The molecule has 0 heterocycles. The molecule has 4 nitrogen and oxygen atoms in total. The molecule has 0 saturated carbocycles. The van der Waals surface area contributed by atoms with Crippen LogP contribution in [0.5, 0.6) is 0 Å². The number of sulfonamides is 1. The maximum absolute atomic E-state index is 11.5. The second kappa shape index (κ2) is 5.60. The Bertz CT molecular complexity index is 402. The molecule has 1 N–H and O–H groups in total. The summed E-state index contributed by atoms with van der Waals surface area (Å²) in [5.74, 6) is 0. The predicted molar refractivity (Wildman–Crippen MR) is 61.3 cm³/mol. The fourth-order valence-electron chi connectivity index (χ4n) is 1.10. The van der Waals surface area contributed by atoms with Crippen molar-refractivity contribution < 1.29 is 13.3 Å². The van der Waals surface area contributed by atoms with Crippen LogP contribution in [0.4, 0.5) is 0 Å². The van der Waals surface area contributed by atoms with E-state index in [1.165, 1.54) is 7.11 Å². The molecular formula is C9H12BrNO3S. The van der Waals surface area contributed by atoms with E-state index in [-0.39, 0.29) is 4.90 Å². The normalized spacial score (nSPS) is 11.6. The summed E-state index contributed by atoms with van der Waals surface area (Å²) in [6.45, 7) is 0. The highest BCUT2D eigenvalue weighted by molar-refractivity contribution is 9.09. The quantitative estimate of drug-likeness (QED) is 0.661. The predicted octanol–water partition coefficient (Wildman–Crippen LogP) is 1.46. The van der Waals surface area contributed by atoms with Crippen LogP contribution < -0.4 is 4.89 Å². The minimum atomic E-state index is -3.53. The summed E-state index contributed by atoms with van der Waals surface area (Å²) in [5, 5.41) is 0.857. The van der Waals surface area contributed by atoms with E-state index in [9.17, 15) is 8.42 Å². The van der Waals surface area contributed by atoms with Crippen LogP contribution in [-0.4, -0.2) is 20.9 Å². The third-order valence-corrected chi connectivity index (χ3v) is 3.49. The number of halogens is 1. The molecule has 0 aliphatic rings. The minimum Gasteiger partial charge on any atom is -0.290 e. The van der Waals surface area contributed by atoms with E-state index in [0.717, 1.165) is 17.3 Å². The molecule has 84 valence electrons.